The van der Waals surface area contributed by atoms with E-state index in [-0.39, 0.29) is 11.3 Å². The fourth-order valence-electron chi connectivity index (χ4n) is 3.14. The average molecular weight is 370 g/mol. The quantitative estimate of drug-likeness (QED) is 0.777. The van der Waals surface area contributed by atoms with Crippen LogP contribution in [0.15, 0.2) is 47.7 Å². The minimum absolute atomic E-state index is 0.246. The van der Waals surface area contributed by atoms with Gasteiger partial charge in [0, 0.05) is 17.2 Å². The van der Waals surface area contributed by atoms with E-state index in [1.165, 1.54) is 0 Å². The molecule has 1 amide bonds. The van der Waals surface area contributed by atoms with Crippen molar-refractivity contribution in [3.05, 3.63) is 59.7 Å². The summed E-state index contributed by atoms with van der Waals surface area (Å²) in [6, 6.07) is 5.63. The molecule has 0 bridgehead atoms. The molecule has 1 aliphatic heterocycles. The fourth-order valence-corrected chi connectivity index (χ4v) is 3.34. The summed E-state index contributed by atoms with van der Waals surface area (Å²) >= 11 is 6.23. The highest BCUT2D eigenvalue weighted by Crippen LogP contribution is 2.32. The summed E-state index contributed by atoms with van der Waals surface area (Å²) in [5.41, 5.74) is 3.45. The topological polar surface area (TPSA) is 65.7 Å². The van der Waals surface area contributed by atoms with Crippen molar-refractivity contribution in [1.82, 2.24) is 9.55 Å². The Labute approximate surface area is 155 Å². The summed E-state index contributed by atoms with van der Waals surface area (Å²) in [5, 5.41) is -0.246. The first-order chi connectivity index (χ1) is 12.6. The normalized spacial score (nSPS) is 18.0. The van der Waals surface area contributed by atoms with Gasteiger partial charge in [-0.2, -0.15) is 0 Å². The molecular weight excluding hydrogens is 354 g/mol. The van der Waals surface area contributed by atoms with Crippen LogP contribution in [0.25, 0.3) is 5.57 Å². The molecule has 1 aromatic heterocycles. The van der Waals surface area contributed by atoms with Crippen LogP contribution in [0, 0.1) is 0 Å². The second kappa shape index (κ2) is 6.46. The number of methoxy groups -OCH3 is 2. The number of halogens is 1. The lowest BCUT2D eigenvalue weighted by molar-refractivity contribution is 0.0997. The summed E-state index contributed by atoms with van der Waals surface area (Å²) in [4.78, 5) is 20.7. The van der Waals surface area contributed by atoms with Crippen LogP contribution in [0.4, 0.5) is 0 Å². The smallest absolute Gasteiger partial charge is 0.298 e. The molecule has 6 nitrogen and oxygen atoms in total. The molecule has 7 heteroatoms. The number of hydrogen-bond acceptors (Lipinski definition) is 4. The molecule has 4 rings (SSSR count). The Hall–Kier alpha value is -2.86. The molecule has 1 aliphatic carbocycles. The number of imidazole rings is 1. The van der Waals surface area contributed by atoms with Crippen molar-refractivity contribution in [1.29, 1.82) is 0 Å². The van der Waals surface area contributed by atoms with Gasteiger partial charge in [0.2, 0.25) is 0 Å². The van der Waals surface area contributed by atoms with Gasteiger partial charge >= 0.3 is 0 Å². The largest absolute Gasteiger partial charge is 0.497 e. The van der Waals surface area contributed by atoms with Crippen molar-refractivity contribution in [2.45, 2.75) is 11.9 Å². The minimum atomic E-state index is -0.342. The number of nitrogens with zero attached hydrogens (tertiary/aromatic N) is 3. The molecule has 132 valence electrons. The Balaban J connectivity index is 1.77. The third kappa shape index (κ3) is 2.72. The second-order valence-electron chi connectivity index (χ2n) is 5.93. The first-order valence-corrected chi connectivity index (χ1v) is 8.48. The zero-order chi connectivity index (χ0) is 18.3. The molecule has 26 heavy (non-hydrogen) atoms. The third-order valence-corrected chi connectivity index (χ3v) is 4.66. The number of carbonyl (C=O) groups excluding carboxylic acids is 1. The van der Waals surface area contributed by atoms with Gasteiger partial charge in [-0.3, -0.25) is 4.79 Å². The summed E-state index contributed by atoms with van der Waals surface area (Å²) in [6.45, 7) is 0.490. The van der Waals surface area contributed by atoms with E-state index in [0.717, 1.165) is 16.8 Å². The maximum Gasteiger partial charge on any atom is 0.298 e. The van der Waals surface area contributed by atoms with Crippen molar-refractivity contribution in [3.8, 4) is 11.5 Å². The van der Waals surface area contributed by atoms with Crippen molar-refractivity contribution in [3.63, 3.8) is 0 Å². The highest BCUT2D eigenvalue weighted by atomic mass is 35.5. The molecule has 2 aromatic rings. The number of benzene rings is 1. The predicted octanol–water partition coefficient (Wildman–Crippen LogP) is 3.10. The van der Waals surface area contributed by atoms with E-state index in [1.807, 2.05) is 28.8 Å². The van der Waals surface area contributed by atoms with Crippen LogP contribution >= 0.6 is 11.6 Å². The zero-order valence-corrected chi connectivity index (χ0v) is 15.0. The van der Waals surface area contributed by atoms with Crippen molar-refractivity contribution in [2.75, 3.05) is 14.2 Å². The van der Waals surface area contributed by atoms with Gasteiger partial charge in [-0.05, 0) is 18.2 Å². The second-order valence-corrected chi connectivity index (χ2v) is 6.44. The fraction of sp³-hybridized carbons (Fsp3) is 0.211. The molecule has 0 radical (unpaired) electrons. The van der Waals surface area contributed by atoms with Crippen LogP contribution in [-0.2, 0) is 6.54 Å². The van der Waals surface area contributed by atoms with Crippen LogP contribution in [0.2, 0.25) is 0 Å². The van der Waals surface area contributed by atoms with E-state index in [4.69, 9.17) is 21.1 Å². The molecule has 0 fully saturated rings. The predicted molar refractivity (Wildman–Crippen MR) is 99.4 cm³/mol. The van der Waals surface area contributed by atoms with Crippen molar-refractivity contribution >= 4 is 28.8 Å². The van der Waals surface area contributed by atoms with Gasteiger partial charge in [0.1, 0.15) is 11.5 Å². The highest BCUT2D eigenvalue weighted by Gasteiger charge is 2.30. The van der Waals surface area contributed by atoms with Gasteiger partial charge in [-0.25, -0.2) is 9.98 Å². The Kier molecular flexibility index (Phi) is 4.12. The van der Waals surface area contributed by atoms with E-state index >= 15 is 0 Å². The molecular formula is C19H16ClN3O3. The number of alkyl halides is 1. The number of carbonyl (C=O) groups is 1. The summed E-state index contributed by atoms with van der Waals surface area (Å²) < 4.78 is 12.6. The lowest BCUT2D eigenvalue weighted by Gasteiger charge is -2.20. The highest BCUT2D eigenvalue weighted by molar-refractivity contribution is 6.38. The van der Waals surface area contributed by atoms with E-state index in [0.29, 0.717) is 29.4 Å². The first kappa shape index (κ1) is 16.6. The Morgan fingerprint density at radius 1 is 1.27 bits per heavy atom. The number of amides is 1. The molecule has 1 atom stereocenters. The number of hydrogen-bond donors (Lipinski definition) is 0. The van der Waals surface area contributed by atoms with Gasteiger partial charge in [-0.15, -0.1) is 11.6 Å². The van der Waals surface area contributed by atoms with Gasteiger partial charge < -0.3 is 14.0 Å². The van der Waals surface area contributed by atoms with E-state index in [9.17, 15) is 4.79 Å². The van der Waals surface area contributed by atoms with Gasteiger partial charge in [0.25, 0.3) is 5.91 Å². The average Bonchev–Trinajstić information content (AvgIpc) is 3.07. The van der Waals surface area contributed by atoms with Crippen LogP contribution in [0.1, 0.15) is 21.7 Å². The minimum Gasteiger partial charge on any atom is -0.497 e. The monoisotopic (exact) mass is 369 g/mol. The molecule has 1 unspecified atom stereocenters. The number of rotatable bonds is 4. The Morgan fingerprint density at radius 2 is 2.12 bits per heavy atom. The van der Waals surface area contributed by atoms with Crippen LogP contribution in [0.3, 0.4) is 0 Å². The lowest BCUT2D eigenvalue weighted by Crippen LogP contribution is -2.20. The maximum absolute atomic E-state index is 12.3. The molecule has 0 spiro atoms. The summed E-state index contributed by atoms with van der Waals surface area (Å²) in [5.74, 6) is 1.08. The molecule has 2 heterocycles. The van der Waals surface area contributed by atoms with Crippen molar-refractivity contribution in [2.24, 2.45) is 4.99 Å². The van der Waals surface area contributed by atoms with Gasteiger partial charge in [-0.1, -0.05) is 12.2 Å². The lowest BCUT2D eigenvalue weighted by atomic mass is 9.96. The number of allylic oxidation sites excluding steroid dienone is 4. The van der Waals surface area contributed by atoms with Gasteiger partial charge in [0.15, 0.2) is 5.69 Å². The molecule has 0 saturated carbocycles. The van der Waals surface area contributed by atoms with E-state index in [2.05, 4.69) is 9.98 Å². The van der Waals surface area contributed by atoms with Gasteiger partial charge in [0.05, 0.1) is 43.9 Å². The molecule has 0 saturated heterocycles. The third-order valence-electron chi connectivity index (χ3n) is 4.39. The van der Waals surface area contributed by atoms with Crippen LogP contribution < -0.4 is 9.47 Å². The number of fused-ring (bicyclic) bond motifs is 3. The SMILES string of the molecule is COc1ccc(Cn2cnc3c2C2=CC(Cl)C=CC2=NC3=O)c(OC)c1. The maximum atomic E-state index is 12.3. The number of aliphatic imine (C=N–C) groups is 1. The standard InChI is InChI=1S/C19H16ClN3O3/c1-25-13-5-3-11(16(8-13)26-2)9-23-10-21-17-18(23)14-7-12(20)4-6-15(14)22-19(17)24/h3-8,10,12H,9H2,1-2H3. The summed E-state index contributed by atoms with van der Waals surface area (Å²) in [7, 11) is 3.22. The van der Waals surface area contributed by atoms with Crippen LogP contribution in [0.5, 0.6) is 11.5 Å². The molecule has 2 aliphatic rings. The zero-order valence-electron chi connectivity index (χ0n) is 14.3. The van der Waals surface area contributed by atoms with Crippen molar-refractivity contribution < 1.29 is 14.3 Å². The number of aromatic nitrogens is 2. The molecule has 1 aromatic carbocycles. The van der Waals surface area contributed by atoms with E-state index in [1.54, 1.807) is 32.7 Å². The number of ether oxygens (including phenoxy) is 2. The van der Waals surface area contributed by atoms with E-state index < -0.39 is 0 Å². The van der Waals surface area contributed by atoms with Crippen LogP contribution in [-0.4, -0.2) is 40.8 Å². The first-order valence-electron chi connectivity index (χ1n) is 8.04. The molecule has 0 N–H and O–H groups in total. The summed E-state index contributed by atoms with van der Waals surface area (Å²) in [6.07, 6.45) is 7.11. The Morgan fingerprint density at radius 3 is 2.88 bits per heavy atom. The Bertz CT molecular complexity index is 988.